The maximum atomic E-state index is 12.4. The highest BCUT2D eigenvalue weighted by Gasteiger charge is 2.13. The van der Waals surface area contributed by atoms with Crippen molar-refractivity contribution in [2.45, 2.75) is 13.8 Å². The normalized spacial score (nSPS) is 10.7. The molecule has 0 aliphatic carbocycles. The van der Waals surface area contributed by atoms with E-state index in [-0.39, 0.29) is 5.91 Å². The molecule has 7 heteroatoms. The van der Waals surface area contributed by atoms with Gasteiger partial charge in [-0.25, -0.2) is 0 Å². The molecule has 0 radical (unpaired) electrons. The molecule has 5 nitrogen and oxygen atoms in total. The van der Waals surface area contributed by atoms with Crippen molar-refractivity contribution < 1.29 is 9.32 Å². The zero-order chi connectivity index (χ0) is 17.3. The third-order valence-corrected chi connectivity index (χ3v) is 3.98. The van der Waals surface area contributed by atoms with E-state index >= 15 is 0 Å². The summed E-state index contributed by atoms with van der Waals surface area (Å²) < 4.78 is 4.98. The van der Waals surface area contributed by atoms with Gasteiger partial charge in [0.25, 0.3) is 5.91 Å². The Labute approximate surface area is 148 Å². The Morgan fingerprint density at radius 3 is 2.54 bits per heavy atom. The molecule has 0 unspecified atom stereocenters. The van der Waals surface area contributed by atoms with Gasteiger partial charge >= 0.3 is 0 Å². The zero-order valence-electron chi connectivity index (χ0n) is 12.9. The SMILES string of the molecule is Cc1nc(-c2ccc(NC(=O)c3ccc(Cl)cc3Cl)c(C)c2)no1. The maximum Gasteiger partial charge on any atom is 0.257 e. The molecular weight excluding hydrogens is 349 g/mol. The molecule has 122 valence electrons. The number of aryl methyl sites for hydroxylation is 2. The Balaban J connectivity index is 1.84. The van der Waals surface area contributed by atoms with Crippen molar-refractivity contribution in [3.8, 4) is 11.4 Å². The third-order valence-electron chi connectivity index (χ3n) is 3.44. The Morgan fingerprint density at radius 2 is 1.92 bits per heavy atom. The van der Waals surface area contributed by atoms with E-state index in [9.17, 15) is 4.79 Å². The molecule has 1 N–H and O–H groups in total. The number of rotatable bonds is 3. The molecule has 0 bridgehead atoms. The first-order valence-electron chi connectivity index (χ1n) is 7.12. The number of carbonyl (C=O) groups excluding carboxylic acids is 1. The van der Waals surface area contributed by atoms with Crippen LogP contribution in [0.15, 0.2) is 40.9 Å². The minimum absolute atomic E-state index is 0.302. The van der Waals surface area contributed by atoms with Crippen molar-refractivity contribution in [2.75, 3.05) is 5.32 Å². The van der Waals surface area contributed by atoms with Crippen LogP contribution in [0.25, 0.3) is 11.4 Å². The van der Waals surface area contributed by atoms with Crippen LogP contribution < -0.4 is 5.32 Å². The van der Waals surface area contributed by atoms with E-state index in [1.165, 1.54) is 6.07 Å². The minimum Gasteiger partial charge on any atom is -0.339 e. The molecule has 1 aromatic heterocycles. The summed E-state index contributed by atoms with van der Waals surface area (Å²) in [6, 6.07) is 10.2. The summed E-state index contributed by atoms with van der Waals surface area (Å²) in [6.07, 6.45) is 0. The molecule has 3 aromatic rings. The van der Waals surface area contributed by atoms with Crippen LogP contribution in [-0.2, 0) is 0 Å². The van der Waals surface area contributed by atoms with E-state index in [0.29, 0.717) is 33.0 Å². The van der Waals surface area contributed by atoms with Crippen LogP contribution in [0, 0.1) is 13.8 Å². The van der Waals surface area contributed by atoms with Crippen molar-refractivity contribution >= 4 is 34.8 Å². The number of amides is 1. The predicted molar refractivity (Wildman–Crippen MR) is 93.6 cm³/mol. The predicted octanol–water partition coefficient (Wildman–Crippen LogP) is 4.91. The summed E-state index contributed by atoms with van der Waals surface area (Å²) in [5.41, 5.74) is 2.72. The summed E-state index contributed by atoms with van der Waals surface area (Å²) in [5, 5.41) is 7.50. The van der Waals surface area contributed by atoms with Gasteiger partial charge in [0.1, 0.15) is 0 Å². The molecule has 0 saturated heterocycles. The summed E-state index contributed by atoms with van der Waals surface area (Å²) in [5.74, 6) is 0.703. The van der Waals surface area contributed by atoms with Crippen molar-refractivity contribution in [1.82, 2.24) is 10.1 Å². The second-order valence-electron chi connectivity index (χ2n) is 5.24. The van der Waals surface area contributed by atoms with Gasteiger partial charge in [-0.05, 0) is 48.9 Å². The van der Waals surface area contributed by atoms with Gasteiger partial charge in [-0.2, -0.15) is 4.98 Å². The fourth-order valence-electron chi connectivity index (χ4n) is 2.22. The number of anilines is 1. The fourth-order valence-corrected chi connectivity index (χ4v) is 2.72. The van der Waals surface area contributed by atoms with Gasteiger partial charge in [0.05, 0.1) is 10.6 Å². The van der Waals surface area contributed by atoms with E-state index in [0.717, 1.165) is 11.1 Å². The van der Waals surface area contributed by atoms with E-state index in [1.807, 2.05) is 19.1 Å². The second-order valence-corrected chi connectivity index (χ2v) is 6.09. The van der Waals surface area contributed by atoms with Gasteiger partial charge < -0.3 is 9.84 Å². The highest BCUT2D eigenvalue weighted by molar-refractivity contribution is 6.37. The van der Waals surface area contributed by atoms with Crippen LogP contribution >= 0.6 is 23.2 Å². The number of carbonyl (C=O) groups is 1. The molecule has 1 amide bonds. The summed E-state index contributed by atoms with van der Waals surface area (Å²) in [4.78, 5) is 16.6. The number of nitrogens with zero attached hydrogens (tertiary/aromatic N) is 2. The number of nitrogens with one attached hydrogen (secondary N) is 1. The monoisotopic (exact) mass is 361 g/mol. The van der Waals surface area contributed by atoms with Gasteiger partial charge in [-0.15, -0.1) is 0 Å². The maximum absolute atomic E-state index is 12.4. The molecule has 0 atom stereocenters. The van der Waals surface area contributed by atoms with Crippen molar-refractivity contribution in [3.63, 3.8) is 0 Å². The van der Waals surface area contributed by atoms with Crippen molar-refractivity contribution in [1.29, 1.82) is 0 Å². The molecule has 3 rings (SSSR count). The Bertz CT molecular complexity index is 922. The van der Waals surface area contributed by atoms with Crippen LogP contribution in [0.4, 0.5) is 5.69 Å². The third kappa shape index (κ3) is 3.42. The van der Waals surface area contributed by atoms with Crippen LogP contribution in [0.2, 0.25) is 10.0 Å². The Morgan fingerprint density at radius 1 is 1.12 bits per heavy atom. The van der Waals surface area contributed by atoms with Crippen LogP contribution in [0.1, 0.15) is 21.8 Å². The van der Waals surface area contributed by atoms with Crippen LogP contribution in [0.5, 0.6) is 0 Å². The first kappa shape index (κ1) is 16.5. The van der Waals surface area contributed by atoms with Gasteiger partial charge in [0.15, 0.2) is 0 Å². The molecule has 24 heavy (non-hydrogen) atoms. The van der Waals surface area contributed by atoms with Crippen LogP contribution in [0.3, 0.4) is 0 Å². The smallest absolute Gasteiger partial charge is 0.257 e. The van der Waals surface area contributed by atoms with Gasteiger partial charge in [0.2, 0.25) is 11.7 Å². The molecule has 0 fully saturated rings. The average Bonchev–Trinajstić information content (AvgIpc) is 2.95. The summed E-state index contributed by atoms with van der Waals surface area (Å²) >= 11 is 11.9. The summed E-state index contributed by atoms with van der Waals surface area (Å²) in [7, 11) is 0. The lowest BCUT2D eigenvalue weighted by atomic mass is 10.1. The number of hydrogen-bond acceptors (Lipinski definition) is 4. The topological polar surface area (TPSA) is 68.0 Å². The molecule has 2 aromatic carbocycles. The minimum atomic E-state index is -0.303. The highest BCUT2D eigenvalue weighted by atomic mass is 35.5. The largest absolute Gasteiger partial charge is 0.339 e. The number of halogens is 2. The number of hydrogen-bond donors (Lipinski definition) is 1. The first-order chi connectivity index (χ1) is 11.4. The van der Waals surface area contributed by atoms with Crippen LogP contribution in [-0.4, -0.2) is 16.0 Å². The van der Waals surface area contributed by atoms with Gasteiger partial charge in [-0.3, -0.25) is 4.79 Å². The fraction of sp³-hybridized carbons (Fsp3) is 0.118. The first-order valence-corrected chi connectivity index (χ1v) is 7.87. The van der Waals surface area contributed by atoms with E-state index in [1.54, 1.807) is 25.1 Å². The van der Waals surface area contributed by atoms with Crippen molar-refractivity contribution in [2.24, 2.45) is 0 Å². The lowest BCUT2D eigenvalue weighted by Crippen LogP contribution is -2.13. The lowest BCUT2D eigenvalue weighted by Gasteiger charge is -2.10. The second kappa shape index (κ2) is 6.63. The standard InChI is InChI=1S/C17H13Cl2N3O2/c1-9-7-11(16-20-10(2)24-22-16)3-6-15(9)21-17(23)13-5-4-12(18)8-14(13)19/h3-8H,1-2H3,(H,21,23). The van der Waals surface area contributed by atoms with E-state index in [2.05, 4.69) is 15.5 Å². The number of aromatic nitrogens is 2. The highest BCUT2D eigenvalue weighted by Crippen LogP contribution is 2.25. The Kier molecular flexibility index (Phi) is 4.55. The molecule has 0 saturated carbocycles. The Hall–Kier alpha value is -2.37. The van der Waals surface area contributed by atoms with Gasteiger partial charge in [-0.1, -0.05) is 28.4 Å². The van der Waals surface area contributed by atoms with Gasteiger partial charge in [0, 0.05) is 23.2 Å². The number of benzene rings is 2. The molecular formula is C17H13Cl2N3O2. The van der Waals surface area contributed by atoms with E-state index < -0.39 is 0 Å². The summed E-state index contributed by atoms with van der Waals surface area (Å²) in [6.45, 7) is 3.61. The molecule has 1 heterocycles. The average molecular weight is 362 g/mol. The molecule has 0 aliphatic heterocycles. The zero-order valence-corrected chi connectivity index (χ0v) is 14.4. The van der Waals surface area contributed by atoms with Crippen molar-refractivity contribution in [3.05, 3.63) is 63.5 Å². The van der Waals surface area contributed by atoms with E-state index in [4.69, 9.17) is 27.7 Å². The quantitative estimate of drug-likeness (QED) is 0.719. The lowest BCUT2D eigenvalue weighted by molar-refractivity contribution is 0.102. The molecule has 0 spiro atoms. The molecule has 0 aliphatic rings.